The van der Waals surface area contributed by atoms with E-state index in [0.717, 1.165) is 11.1 Å². The molecule has 2 aromatic rings. The predicted octanol–water partition coefficient (Wildman–Crippen LogP) is 1.47. The maximum Gasteiger partial charge on any atom is 0.225 e. The molecule has 1 aromatic heterocycles. The van der Waals surface area contributed by atoms with E-state index >= 15 is 0 Å². The second kappa shape index (κ2) is 6.66. The van der Waals surface area contributed by atoms with Gasteiger partial charge in [0, 0.05) is 12.4 Å². The van der Waals surface area contributed by atoms with Crippen LogP contribution < -0.4 is 5.32 Å². The molecule has 98 valence electrons. The van der Waals surface area contributed by atoms with Gasteiger partial charge in [0.2, 0.25) is 5.91 Å². The molecule has 4 heteroatoms. The van der Waals surface area contributed by atoms with E-state index in [1.54, 1.807) is 18.5 Å². The van der Waals surface area contributed by atoms with Crippen molar-refractivity contribution in [1.82, 2.24) is 10.3 Å². The van der Waals surface area contributed by atoms with Gasteiger partial charge in [-0.15, -0.1) is 0 Å². The topological polar surface area (TPSA) is 62.2 Å². The highest BCUT2D eigenvalue weighted by Crippen LogP contribution is 2.11. The summed E-state index contributed by atoms with van der Waals surface area (Å²) in [6.45, 7) is -0.122. The molecule has 0 radical (unpaired) electrons. The monoisotopic (exact) mass is 256 g/mol. The van der Waals surface area contributed by atoms with Crippen molar-refractivity contribution in [3.05, 3.63) is 66.0 Å². The van der Waals surface area contributed by atoms with E-state index in [0.29, 0.717) is 0 Å². The standard InChI is InChI=1S/C15H16N2O2/c18-11-14(13-6-2-1-3-7-13)17-15(19)9-12-5-4-8-16-10-12/h1-8,10,14,18H,9,11H2,(H,17,19)/t14-/m0/s1. The Morgan fingerprint density at radius 2 is 2.00 bits per heavy atom. The van der Waals surface area contributed by atoms with Crippen LogP contribution in [0.1, 0.15) is 17.2 Å². The van der Waals surface area contributed by atoms with Crippen LogP contribution >= 0.6 is 0 Å². The third kappa shape index (κ3) is 3.89. The smallest absolute Gasteiger partial charge is 0.225 e. The molecule has 0 aliphatic carbocycles. The summed E-state index contributed by atoms with van der Waals surface area (Å²) in [6, 6.07) is 12.7. The number of aromatic nitrogens is 1. The first-order valence-electron chi connectivity index (χ1n) is 6.13. The first-order chi connectivity index (χ1) is 9.29. The van der Waals surface area contributed by atoms with Crippen LogP contribution in [0.15, 0.2) is 54.9 Å². The first kappa shape index (κ1) is 13.2. The summed E-state index contributed by atoms with van der Waals surface area (Å²) >= 11 is 0. The second-order valence-electron chi connectivity index (χ2n) is 4.25. The number of nitrogens with one attached hydrogen (secondary N) is 1. The number of carbonyl (C=O) groups is 1. The van der Waals surface area contributed by atoms with Gasteiger partial charge in [0.05, 0.1) is 19.1 Å². The number of benzene rings is 1. The lowest BCUT2D eigenvalue weighted by Gasteiger charge is -2.16. The van der Waals surface area contributed by atoms with Gasteiger partial charge >= 0.3 is 0 Å². The highest BCUT2D eigenvalue weighted by molar-refractivity contribution is 5.78. The molecule has 0 aliphatic rings. The Morgan fingerprint density at radius 1 is 1.21 bits per heavy atom. The van der Waals surface area contributed by atoms with E-state index in [4.69, 9.17) is 0 Å². The van der Waals surface area contributed by atoms with E-state index < -0.39 is 0 Å². The minimum Gasteiger partial charge on any atom is -0.394 e. The fourth-order valence-electron chi connectivity index (χ4n) is 1.85. The number of hydrogen-bond acceptors (Lipinski definition) is 3. The van der Waals surface area contributed by atoms with Crippen LogP contribution in [0.5, 0.6) is 0 Å². The molecule has 2 rings (SSSR count). The fraction of sp³-hybridized carbons (Fsp3) is 0.200. The van der Waals surface area contributed by atoms with Gasteiger partial charge in [-0.2, -0.15) is 0 Å². The quantitative estimate of drug-likeness (QED) is 0.851. The number of carbonyl (C=O) groups excluding carboxylic acids is 1. The Bertz CT molecular complexity index is 514. The van der Waals surface area contributed by atoms with Gasteiger partial charge in [0.1, 0.15) is 0 Å². The minimum atomic E-state index is -0.370. The normalized spacial score (nSPS) is 11.8. The molecular weight excluding hydrogens is 240 g/mol. The number of rotatable bonds is 5. The molecule has 0 unspecified atom stereocenters. The van der Waals surface area contributed by atoms with Crippen molar-refractivity contribution in [2.75, 3.05) is 6.61 Å². The Hall–Kier alpha value is -2.20. The number of aliphatic hydroxyl groups is 1. The Kier molecular flexibility index (Phi) is 4.64. The summed E-state index contributed by atoms with van der Waals surface area (Å²) in [5, 5.41) is 12.2. The molecule has 0 aliphatic heterocycles. The fourth-order valence-corrected chi connectivity index (χ4v) is 1.85. The van der Waals surface area contributed by atoms with Gasteiger partial charge in [0.25, 0.3) is 0 Å². The van der Waals surface area contributed by atoms with Crippen molar-refractivity contribution >= 4 is 5.91 Å². The van der Waals surface area contributed by atoms with E-state index in [-0.39, 0.29) is 25.0 Å². The van der Waals surface area contributed by atoms with Crippen LogP contribution in [0, 0.1) is 0 Å². The van der Waals surface area contributed by atoms with Crippen molar-refractivity contribution in [3.8, 4) is 0 Å². The average Bonchev–Trinajstić information content (AvgIpc) is 2.47. The summed E-state index contributed by atoms with van der Waals surface area (Å²) in [7, 11) is 0. The molecule has 1 heterocycles. The lowest BCUT2D eigenvalue weighted by molar-refractivity contribution is -0.121. The molecule has 0 fully saturated rings. The molecule has 0 bridgehead atoms. The molecule has 1 atom stereocenters. The molecule has 0 saturated heterocycles. The van der Waals surface area contributed by atoms with Crippen molar-refractivity contribution in [2.45, 2.75) is 12.5 Å². The molecule has 2 N–H and O–H groups in total. The van der Waals surface area contributed by atoms with Gasteiger partial charge in [-0.25, -0.2) is 0 Å². The maximum atomic E-state index is 11.9. The van der Waals surface area contributed by atoms with Crippen molar-refractivity contribution in [1.29, 1.82) is 0 Å². The molecule has 0 spiro atoms. The molecule has 1 aromatic carbocycles. The third-order valence-corrected chi connectivity index (χ3v) is 2.81. The Morgan fingerprint density at radius 3 is 2.63 bits per heavy atom. The number of aliphatic hydroxyl groups excluding tert-OH is 1. The largest absolute Gasteiger partial charge is 0.394 e. The summed E-state index contributed by atoms with van der Waals surface area (Å²) in [5.74, 6) is -0.129. The predicted molar refractivity (Wildman–Crippen MR) is 72.4 cm³/mol. The molecule has 19 heavy (non-hydrogen) atoms. The molecule has 4 nitrogen and oxygen atoms in total. The van der Waals surface area contributed by atoms with Crippen molar-refractivity contribution < 1.29 is 9.90 Å². The highest BCUT2D eigenvalue weighted by atomic mass is 16.3. The van der Waals surface area contributed by atoms with Crippen LogP contribution in [0.2, 0.25) is 0 Å². The average molecular weight is 256 g/mol. The number of amides is 1. The number of pyridine rings is 1. The SMILES string of the molecule is O=C(Cc1cccnc1)N[C@@H](CO)c1ccccc1. The first-order valence-corrected chi connectivity index (χ1v) is 6.13. The zero-order valence-electron chi connectivity index (χ0n) is 10.5. The minimum absolute atomic E-state index is 0.122. The molecular formula is C15H16N2O2. The Balaban J connectivity index is 1.97. The van der Waals surface area contributed by atoms with Crippen LogP contribution in [-0.2, 0) is 11.2 Å². The molecule has 0 saturated carbocycles. The third-order valence-electron chi connectivity index (χ3n) is 2.81. The summed E-state index contributed by atoms with van der Waals surface area (Å²) in [4.78, 5) is 15.9. The Labute approximate surface area is 112 Å². The van der Waals surface area contributed by atoms with E-state index in [2.05, 4.69) is 10.3 Å². The van der Waals surface area contributed by atoms with Gasteiger partial charge in [-0.05, 0) is 17.2 Å². The zero-order valence-corrected chi connectivity index (χ0v) is 10.5. The van der Waals surface area contributed by atoms with Gasteiger partial charge in [0.15, 0.2) is 0 Å². The lowest BCUT2D eigenvalue weighted by Crippen LogP contribution is -2.31. The van der Waals surface area contributed by atoms with Gasteiger partial charge in [-0.1, -0.05) is 36.4 Å². The number of hydrogen-bond donors (Lipinski definition) is 2. The lowest BCUT2D eigenvalue weighted by atomic mass is 10.1. The van der Waals surface area contributed by atoms with E-state index in [1.807, 2.05) is 36.4 Å². The highest BCUT2D eigenvalue weighted by Gasteiger charge is 2.13. The second-order valence-corrected chi connectivity index (χ2v) is 4.25. The van der Waals surface area contributed by atoms with E-state index in [1.165, 1.54) is 0 Å². The van der Waals surface area contributed by atoms with Crippen LogP contribution in [0.4, 0.5) is 0 Å². The van der Waals surface area contributed by atoms with Crippen molar-refractivity contribution in [2.24, 2.45) is 0 Å². The van der Waals surface area contributed by atoms with Crippen molar-refractivity contribution in [3.63, 3.8) is 0 Å². The summed E-state index contributed by atoms with van der Waals surface area (Å²) in [5.41, 5.74) is 1.74. The van der Waals surface area contributed by atoms with Crippen LogP contribution in [0.25, 0.3) is 0 Å². The zero-order chi connectivity index (χ0) is 13.5. The van der Waals surface area contributed by atoms with Gasteiger partial charge in [-0.3, -0.25) is 9.78 Å². The number of nitrogens with zero attached hydrogens (tertiary/aromatic N) is 1. The summed E-state index contributed by atoms with van der Waals surface area (Å²) in [6.07, 6.45) is 3.59. The maximum absolute atomic E-state index is 11.9. The van der Waals surface area contributed by atoms with Gasteiger partial charge < -0.3 is 10.4 Å². The van der Waals surface area contributed by atoms with Crippen LogP contribution in [-0.4, -0.2) is 22.6 Å². The van der Waals surface area contributed by atoms with Crippen LogP contribution in [0.3, 0.4) is 0 Å². The summed E-state index contributed by atoms with van der Waals surface area (Å²) < 4.78 is 0. The molecule has 1 amide bonds. The van der Waals surface area contributed by atoms with E-state index in [9.17, 15) is 9.90 Å².